The zero-order chi connectivity index (χ0) is 20.3. The first kappa shape index (κ1) is 18.5. The average molecular weight is 413 g/mol. The van der Waals surface area contributed by atoms with E-state index in [1.165, 1.54) is 0 Å². The molecule has 2 atom stereocenters. The number of nitrogens with zero attached hydrogens (tertiary/aromatic N) is 3. The number of pyridine rings is 2. The van der Waals surface area contributed by atoms with Crippen LogP contribution in [0.1, 0.15) is 29.2 Å². The van der Waals surface area contributed by atoms with Crippen molar-refractivity contribution < 1.29 is 4.42 Å². The van der Waals surface area contributed by atoms with Gasteiger partial charge in [-0.1, -0.05) is 42.5 Å². The lowest BCUT2D eigenvalue weighted by atomic mass is 10.0. The molecule has 1 aliphatic heterocycles. The average Bonchev–Trinajstić information content (AvgIpc) is 3.41. The molecule has 1 aromatic carbocycles. The normalized spacial score (nSPS) is 18.4. The number of benzene rings is 1. The molecule has 4 heterocycles. The lowest BCUT2D eigenvalue weighted by Gasteiger charge is -2.25. The highest BCUT2D eigenvalue weighted by atomic mass is 32.1. The van der Waals surface area contributed by atoms with Gasteiger partial charge in [0.1, 0.15) is 17.6 Å². The van der Waals surface area contributed by atoms with Crippen molar-refractivity contribution in [3.05, 3.63) is 108 Å². The van der Waals surface area contributed by atoms with Crippen LogP contribution in [0.5, 0.6) is 0 Å². The van der Waals surface area contributed by atoms with E-state index in [1.54, 1.807) is 12.4 Å². The van der Waals surface area contributed by atoms with E-state index in [9.17, 15) is 0 Å². The van der Waals surface area contributed by atoms with Crippen LogP contribution in [0.3, 0.4) is 0 Å². The van der Waals surface area contributed by atoms with E-state index in [4.69, 9.17) is 16.6 Å². The topological polar surface area (TPSA) is 54.2 Å². The number of hydrogen-bond acceptors (Lipinski definition) is 4. The van der Waals surface area contributed by atoms with Crippen molar-refractivity contribution in [3.8, 4) is 11.3 Å². The molecule has 0 amide bonds. The van der Waals surface area contributed by atoms with Crippen molar-refractivity contribution in [3.63, 3.8) is 0 Å². The Morgan fingerprint density at radius 1 is 0.867 bits per heavy atom. The molecule has 1 aliphatic rings. The Kier molecular flexibility index (Phi) is 4.99. The maximum Gasteiger partial charge on any atom is 0.170 e. The number of aromatic nitrogens is 2. The smallest absolute Gasteiger partial charge is 0.170 e. The fourth-order valence-electron chi connectivity index (χ4n) is 3.82. The second kappa shape index (κ2) is 8.08. The summed E-state index contributed by atoms with van der Waals surface area (Å²) in [6.07, 6.45) is 3.60. The molecule has 6 heteroatoms. The first-order valence-electron chi connectivity index (χ1n) is 9.83. The number of furan rings is 1. The van der Waals surface area contributed by atoms with Crippen molar-refractivity contribution in [2.24, 2.45) is 0 Å². The maximum absolute atomic E-state index is 6.33. The molecule has 30 heavy (non-hydrogen) atoms. The predicted molar refractivity (Wildman–Crippen MR) is 119 cm³/mol. The summed E-state index contributed by atoms with van der Waals surface area (Å²) < 4.78 is 6.33. The van der Waals surface area contributed by atoms with Crippen molar-refractivity contribution in [1.82, 2.24) is 20.2 Å². The summed E-state index contributed by atoms with van der Waals surface area (Å²) in [7, 11) is 0. The molecule has 0 spiro atoms. The van der Waals surface area contributed by atoms with Gasteiger partial charge in [0, 0.05) is 18.0 Å². The largest absolute Gasteiger partial charge is 0.459 e. The van der Waals surface area contributed by atoms with Gasteiger partial charge < -0.3 is 14.6 Å². The number of nitrogens with one attached hydrogen (secondary N) is 1. The highest BCUT2D eigenvalue weighted by molar-refractivity contribution is 7.80. The Morgan fingerprint density at radius 3 is 2.37 bits per heavy atom. The van der Waals surface area contributed by atoms with Crippen LogP contribution in [0.25, 0.3) is 11.3 Å². The van der Waals surface area contributed by atoms with Gasteiger partial charge in [-0.15, -0.1) is 0 Å². The first-order chi connectivity index (χ1) is 14.8. The van der Waals surface area contributed by atoms with Crippen LogP contribution in [-0.4, -0.2) is 20.0 Å². The van der Waals surface area contributed by atoms with Crippen LogP contribution >= 0.6 is 12.2 Å². The number of hydrogen-bond donors (Lipinski definition) is 1. The molecule has 5 rings (SSSR count). The van der Waals surface area contributed by atoms with E-state index in [0.717, 1.165) is 28.5 Å². The lowest BCUT2D eigenvalue weighted by molar-refractivity contribution is 0.267. The molecular formula is C24H20N4OS. The molecule has 5 nitrogen and oxygen atoms in total. The number of thiocarbonyl (C=S) groups is 1. The summed E-state index contributed by atoms with van der Waals surface area (Å²) in [5, 5.41) is 4.11. The minimum Gasteiger partial charge on any atom is -0.459 e. The molecule has 3 aromatic heterocycles. The minimum atomic E-state index is -0.133. The quantitative estimate of drug-likeness (QED) is 0.470. The SMILES string of the molecule is S=C1N[C@H](c2ccccn2)[C@H](c2ccc(-c3ccccc3)o2)N1Cc1ccccn1. The van der Waals surface area contributed by atoms with Gasteiger partial charge in [-0.3, -0.25) is 9.97 Å². The third-order valence-corrected chi connectivity index (χ3v) is 5.59. The van der Waals surface area contributed by atoms with E-state index < -0.39 is 0 Å². The standard InChI is InChI=1S/C24H20N4OS/c30-24-27-22(19-11-5-7-15-26-19)23(28(24)16-18-10-4-6-14-25-18)21-13-12-20(29-21)17-8-2-1-3-9-17/h1-15,22-23H,16H2,(H,27,30)/t22-,23+/m1/s1. The fraction of sp³-hybridized carbons (Fsp3) is 0.125. The van der Waals surface area contributed by atoms with Crippen molar-refractivity contribution in [2.75, 3.05) is 0 Å². The van der Waals surface area contributed by atoms with Crippen LogP contribution in [0.4, 0.5) is 0 Å². The van der Waals surface area contributed by atoms with Gasteiger partial charge in [0.2, 0.25) is 0 Å². The van der Waals surface area contributed by atoms with E-state index >= 15 is 0 Å². The molecule has 148 valence electrons. The molecule has 0 unspecified atom stereocenters. The third-order valence-electron chi connectivity index (χ3n) is 5.23. The monoisotopic (exact) mass is 412 g/mol. The van der Waals surface area contributed by atoms with E-state index in [0.29, 0.717) is 11.7 Å². The zero-order valence-corrected chi connectivity index (χ0v) is 17.0. The Labute approximate surface area is 180 Å². The van der Waals surface area contributed by atoms with E-state index in [2.05, 4.69) is 20.2 Å². The molecule has 0 saturated carbocycles. The van der Waals surface area contributed by atoms with Crippen LogP contribution in [0.2, 0.25) is 0 Å². The molecule has 4 aromatic rings. The molecule has 1 saturated heterocycles. The molecule has 0 aliphatic carbocycles. The van der Waals surface area contributed by atoms with Crippen LogP contribution in [0.15, 0.2) is 95.7 Å². The van der Waals surface area contributed by atoms with Gasteiger partial charge >= 0.3 is 0 Å². The molecular weight excluding hydrogens is 392 g/mol. The Hall–Kier alpha value is -3.51. The van der Waals surface area contributed by atoms with Gasteiger partial charge in [-0.25, -0.2) is 0 Å². The van der Waals surface area contributed by atoms with E-state index in [-0.39, 0.29) is 12.1 Å². The van der Waals surface area contributed by atoms with Gasteiger partial charge in [-0.05, 0) is 48.6 Å². The minimum absolute atomic E-state index is 0.114. The fourth-order valence-corrected chi connectivity index (χ4v) is 4.13. The van der Waals surface area contributed by atoms with Gasteiger partial charge in [0.15, 0.2) is 5.11 Å². The zero-order valence-electron chi connectivity index (χ0n) is 16.2. The maximum atomic E-state index is 6.33. The molecule has 1 fully saturated rings. The summed E-state index contributed by atoms with van der Waals surface area (Å²) in [6.45, 7) is 0.585. The van der Waals surface area contributed by atoms with E-state index in [1.807, 2.05) is 78.9 Å². The molecule has 0 radical (unpaired) electrons. The second-order valence-corrected chi connectivity index (χ2v) is 7.53. The van der Waals surface area contributed by atoms with Crippen molar-refractivity contribution in [2.45, 2.75) is 18.6 Å². The summed E-state index contributed by atoms with van der Waals surface area (Å²) in [5.41, 5.74) is 2.91. The Morgan fingerprint density at radius 2 is 1.63 bits per heavy atom. The van der Waals surface area contributed by atoms with Crippen LogP contribution in [-0.2, 0) is 6.54 Å². The van der Waals surface area contributed by atoms with Gasteiger partial charge in [0.25, 0.3) is 0 Å². The highest BCUT2D eigenvalue weighted by Gasteiger charge is 2.41. The summed E-state index contributed by atoms with van der Waals surface area (Å²) >= 11 is 5.71. The molecule has 0 bridgehead atoms. The van der Waals surface area contributed by atoms with Gasteiger partial charge in [0.05, 0.1) is 24.0 Å². The van der Waals surface area contributed by atoms with Crippen LogP contribution in [0, 0.1) is 0 Å². The predicted octanol–water partition coefficient (Wildman–Crippen LogP) is 4.91. The Balaban J connectivity index is 1.54. The molecule has 1 N–H and O–H groups in total. The second-order valence-electron chi connectivity index (χ2n) is 7.14. The van der Waals surface area contributed by atoms with Gasteiger partial charge in [-0.2, -0.15) is 0 Å². The third kappa shape index (κ3) is 3.57. The highest BCUT2D eigenvalue weighted by Crippen LogP contribution is 2.41. The first-order valence-corrected chi connectivity index (χ1v) is 10.2. The Bertz CT molecular complexity index is 1130. The summed E-state index contributed by atoms with van der Waals surface area (Å²) in [6, 6.07) is 25.7. The lowest BCUT2D eigenvalue weighted by Crippen LogP contribution is -2.29. The number of rotatable bonds is 5. The van der Waals surface area contributed by atoms with Crippen molar-refractivity contribution >= 4 is 17.3 Å². The van der Waals surface area contributed by atoms with Crippen molar-refractivity contribution in [1.29, 1.82) is 0 Å². The summed E-state index contributed by atoms with van der Waals surface area (Å²) in [5.74, 6) is 1.67. The summed E-state index contributed by atoms with van der Waals surface area (Å²) in [4.78, 5) is 11.2. The van der Waals surface area contributed by atoms with Crippen LogP contribution < -0.4 is 5.32 Å².